The van der Waals surface area contributed by atoms with Gasteiger partial charge in [0.25, 0.3) is 0 Å². The van der Waals surface area contributed by atoms with Crippen LogP contribution in [0.15, 0.2) is 108 Å². The van der Waals surface area contributed by atoms with Crippen LogP contribution in [0.25, 0.3) is 20.2 Å². The Morgan fingerprint density at radius 2 is 1.36 bits per heavy atom. The lowest BCUT2D eigenvalue weighted by atomic mass is 9.80. The maximum Gasteiger partial charge on any atom is 0.195 e. The first-order valence-corrected chi connectivity index (χ1v) is 15.3. The molecule has 6 heteroatoms. The topological polar surface area (TPSA) is 49.9 Å². The molecule has 0 N–H and O–H groups in total. The number of likely N-dealkylation sites (N-methyl/N-ethyl adjacent to an activating group) is 1. The van der Waals surface area contributed by atoms with Crippen molar-refractivity contribution in [3.8, 4) is 0 Å². The van der Waals surface area contributed by atoms with E-state index < -0.39 is 5.54 Å². The summed E-state index contributed by atoms with van der Waals surface area (Å²) in [4.78, 5) is 30.0. The molecule has 0 radical (unpaired) electrons. The number of carbonyl (C=O) groups is 1. The standard InChI is InChI=1S/C23H30N2O2.C13H8OS/c1-4-23(24(2)3,18-19-8-6-5-7-9-19)22(26)20-10-12-21(13-11-20)25-14-16-27-17-15-25;14-13-9-5-1-3-7-11(9)15-12-8-4-2-6-10(12)13/h5-13H,4,14-18H2,1-3H3;1-8H. The van der Waals surface area contributed by atoms with Crippen LogP contribution in [0.4, 0.5) is 5.69 Å². The van der Waals surface area contributed by atoms with Gasteiger partial charge in [-0.2, -0.15) is 0 Å². The van der Waals surface area contributed by atoms with Gasteiger partial charge in [0.2, 0.25) is 0 Å². The summed E-state index contributed by atoms with van der Waals surface area (Å²) in [5.74, 6) is 0.187. The van der Waals surface area contributed by atoms with Gasteiger partial charge in [0.1, 0.15) is 0 Å². The highest BCUT2D eigenvalue weighted by atomic mass is 32.1. The minimum atomic E-state index is -0.540. The molecule has 1 unspecified atom stereocenters. The lowest BCUT2D eigenvalue weighted by Gasteiger charge is -2.38. The van der Waals surface area contributed by atoms with Gasteiger partial charge < -0.3 is 9.64 Å². The number of hydrogen-bond acceptors (Lipinski definition) is 6. The highest BCUT2D eigenvalue weighted by molar-refractivity contribution is 7.24. The first-order valence-electron chi connectivity index (χ1n) is 14.5. The van der Waals surface area contributed by atoms with Crippen molar-refractivity contribution >= 4 is 43.0 Å². The predicted molar refractivity (Wildman–Crippen MR) is 176 cm³/mol. The molecule has 4 aromatic carbocycles. The number of ether oxygens (including phenoxy) is 1. The first kappa shape index (κ1) is 29.6. The SMILES string of the molecule is CCC(Cc1ccccc1)(C(=O)c1ccc(N2CCOCC2)cc1)N(C)C.O=c1c2ccccc2sc2ccccc12. The number of morpholine rings is 1. The fourth-order valence-electron chi connectivity index (χ4n) is 5.64. The van der Waals surface area contributed by atoms with Crippen molar-refractivity contribution < 1.29 is 9.53 Å². The van der Waals surface area contributed by atoms with E-state index in [1.165, 1.54) is 5.56 Å². The van der Waals surface area contributed by atoms with Crippen molar-refractivity contribution in [2.24, 2.45) is 0 Å². The van der Waals surface area contributed by atoms with Crippen LogP contribution in [0.5, 0.6) is 0 Å². The molecule has 5 nitrogen and oxygen atoms in total. The van der Waals surface area contributed by atoms with Crippen molar-refractivity contribution in [2.75, 3.05) is 45.3 Å². The van der Waals surface area contributed by atoms with E-state index in [1.54, 1.807) is 11.3 Å². The van der Waals surface area contributed by atoms with Crippen molar-refractivity contribution in [3.63, 3.8) is 0 Å². The lowest BCUT2D eigenvalue weighted by molar-refractivity contribution is 0.0666. The Morgan fingerprint density at radius 1 is 0.810 bits per heavy atom. The van der Waals surface area contributed by atoms with E-state index in [9.17, 15) is 9.59 Å². The third kappa shape index (κ3) is 6.31. The van der Waals surface area contributed by atoms with E-state index in [0.717, 1.165) is 64.1 Å². The number of ketones is 1. The Bertz CT molecular complexity index is 1640. The molecule has 216 valence electrons. The van der Waals surface area contributed by atoms with E-state index in [0.29, 0.717) is 6.42 Å². The van der Waals surface area contributed by atoms with Gasteiger partial charge in [0.05, 0.1) is 18.8 Å². The smallest absolute Gasteiger partial charge is 0.195 e. The molecule has 42 heavy (non-hydrogen) atoms. The Hall–Kier alpha value is -3.84. The summed E-state index contributed by atoms with van der Waals surface area (Å²) in [5.41, 5.74) is 2.72. The minimum absolute atomic E-state index is 0.139. The molecule has 0 spiro atoms. The third-order valence-corrected chi connectivity index (χ3v) is 9.34. The van der Waals surface area contributed by atoms with Crippen molar-refractivity contribution in [1.29, 1.82) is 0 Å². The number of anilines is 1. The maximum absolute atomic E-state index is 13.6. The van der Waals surface area contributed by atoms with Crippen molar-refractivity contribution in [3.05, 3.63) is 124 Å². The maximum atomic E-state index is 13.6. The number of hydrogen-bond donors (Lipinski definition) is 0. The molecule has 1 aromatic heterocycles. The molecule has 2 heterocycles. The molecule has 1 aliphatic rings. The monoisotopic (exact) mass is 578 g/mol. The van der Waals surface area contributed by atoms with Gasteiger partial charge in [0, 0.05) is 44.5 Å². The number of Topliss-reactive ketones (excluding diaryl/α,β-unsaturated/α-hetero) is 1. The van der Waals surface area contributed by atoms with Gasteiger partial charge in [-0.1, -0.05) is 61.5 Å². The Kier molecular flexibility index (Phi) is 9.48. The fraction of sp³-hybridized carbons (Fsp3) is 0.278. The molecule has 1 fully saturated rings. The molecule has 6 rings (SSSR count). The number of carbonyl (C=O) groups excluding carboxylic acids is 1. The zero-order chi connectivity index (χ0) is 29.5. The predicted octanol–water partition coefficient (Wildman–Crippen LogP) is 7.07. The van der Waals surface area contributed by atoms with E-state index in [2.05, 4.69) is 41.0 Å². The number of fused-ring (bicyclic) bond motifs is 2. The average Bonchev–Trinajstić information content (AvgIpc) is 3.05. The van der Waals surface area contributed by atoms with Crippen LogP contribution in [-0.2, 0) is 11.2 Å². The molecular formula is C36H38N2O3S. The molecule has 0 amide bonds. The fourth-order valence-corrected chi connectivity index (χ4v) is 6.71. The van der Waals surface area contributed by atoms with Gasteiger partial charge in [-0.05, 0) is 81.0 Å². The van der Waals surface area contributed by atoms with Crippen LogP contribution in [0, 0.1) is 0 Å². The largest absolute Gasteiger partial charge is 0.378 e. The van der Waals surface area contributed by atoms with Crippen LogP contribution in [-0.4, -0.2) is 56.6 Å². The third-order valence-electron chi connectivity index (χ3n) is 8.19. The molecule has 0 bridgehead atoms. The normalized spacial score (nSPS) is 14.8. The number of benzene rings is 4. The quantitative estimate of drug-likeness (QED) is 0.153. The summed E-state index contributed by atoms with van der Waals surface area (Å²) in [6.45, 7) is 5.42. The van der Waals surface area contributed by atoms with Crippen molar-refractivity contribution in [2.45, 2.75) is 25.3 Å². The molecule has 5 aromatic rings. The van der Waals surface area contributed by atoms with Crippen LogP contribution in [0.3, 0.4) is 0 Å². The summed E-state index contributed by atoms with van der Waals surface area (Å²) >= 11 is 1.67. The zero-order valence-electron chi connectivity index (χ0n) is 24.6. The lowest BCUT2D eigenvalue weighted by Crippen LogP contribution is -2.52. The van der Waals surface area contributed by atoms with Gasteiger partial charge in [-0.3, -0.25) is 14.5 Å². The molecule has 1 aliphatic heterocycles. The first-order chi connectivity index (χ1) is 20.4. The van der Waals surface area contributed by atoms with E-state index in [1.807, 2.05) is 93.0 Å². The summed E-state index contributed by atoms with van der Waals surface area (Å²) < 4.78 is 7.54. The van der Waals surface area contributed by atoms with Gasteiger partial charge >= 0.3 is 0 Å². The summed E-state index contributed by atoms with van der Waals surface area (Å²) in [7, 11) is 4.01. The minimum Gasteiger partial charge on any atom is -0.378 e. The zero-order valence-corrected chi connectivity index (χ0v) is 25.4. The van der Waals surface area contributed by atoms with Crippen LogP contribution in [0.2, 0.25) is 0 Å². The molecular weight excluding hydrogens is 540 g/mol. The summed E-state index contributed by atoms with van der Waals surface area (Å²) in [6, 6.07) is 33.9. The molecule has 1 saturated heterocycles. The Balaban J connectivity index is 0.000000196. The second kappa shape index (κ2) is 13.4. The number of rotatable bonds is 7. The molecule has 1 atom stereocenters. The second-order valence-electron chi connectivity index (χ2n) is 10.8. The highest BCUT2D eigenvalue weighted by Crippen LogP contribution is 2.29. The highest BCUT2D eigenvalue weighted by Gasteiger charge is 2.39. The van der Waals surface area contributed by atoms with Crippen LogP contribution in [0.1, 0.15) is 29.3 Å². The van der Waals surface area contributed by atoms with Gasteiger partial charge in [-0.25, -0.2) is 0 Å². The van der Waals surface area contributed by atoms with Crippen LogP contribution >= 0.6 is 11.3 Å². The molecule has 0 saturated carbocycles. The van der Waals surface area contributed by atoms with Crippen LogP contribution < -0.4 is 10.3 Å². The van der Waals surface area contributed by atoms with E-state index in [4.69, 9.17) is 4.74 Å². The Labute approximate surface area is 252 Å². The second-order valence-corrected chi connectivity index (χ2v) is 11.9. The average molecular weight is 579 g/mol. The van der Waals surface area contributed by atoms with E-state index in [-0.39, 0.29) is 11.2 Å². The van der Waals surface area contributed by atoms with Gasteiger partial charge in [-0.15, -0.1) is 11.3 Å². The van der Waals surface area contributed by atoms with Gasteiger partial charge in [0.15, 0.2) is 11.2 Å². The van der Waals surface area contributed by atoms with Crippen molar-refractivity contribution in [1.82, 2.24) is 4.90 Å². The molecule has 0 aliphatic carbocycles. The summed E-state index contributed by atoms with van der Waals surface area (Å²) in [6.07, 6.45) is 1.47. The number of nitrogens with zero attached hydrogens (tertiary/aromatic N) is 2. The summed E-state index contributed by atoms with van der Waals surface area (Å²) in [5, 5.41) is 1.64. The van der Waals surface area contributed by atoms with E-state index >= 15 is 0 Å². The Morgan fingerprint density at radius 3 is 1.90 bits per heavy atom.